The fourth-order valence-electron chi connectivity index (χ4n) is 1.18. The molecule has 1 unspecified atom stereocenters. The van der Waals surface area contributed by atoms with Gasteiger partial charge in [-0.2, -0.15) is 5.26 Å². The molecule has 0 aliphatic rings. The van der Waals surface area contributed by atoms with Crippen molar-refractivity contribution in [2.24, 2.45) is 0 Å². The number of hydrogen-bond acceptors (Lipinski definition) is 2. The van der Waals surface area contributed by atoms with Crippen LogP contribution in [-0.2, 0) is 0 Å². The van der Waals surface area contributed by atoms with Crippen LogP contribution in [0.4, 0.5) is 4.79 Å². The molecular weight excluding hydrogens is 178 g/mol. The van der Waals surface area contributed by atoms with Crippen molar-refractivity contribution in [1.82, 2.24) is 10.2 Å². The zero-order valence-electron chi connectivity index (χ0n) is 9.21. The summed E-state index contributed by atoms with van der Waals surface area (Å²) in [5, 5.41) is 11.4. The fraction of sp³-hybridized carbons (Fsp3) is 0.800. The minimum atomic E-state index is -0.0721. The largest absolute Gasteiger partial charge is 0.334 e. The third-order valence-corrected chi connectivity index (χ3v) is 2.21. The highest BCUT2D eigenvalue weighted by Crippen LogP contribution is 1.98. The molecule has 1 atom stereocenters. The third-order valence-electron chi connectivity index (χ3n) is 2.21. The van der Waals surface area contributed by atoms with Crippen LogP contribution >= 0.6 is 0 Å². The van der Waals surface area contributed by atoms with Crippen molar-refractivity contribution in [2.45, 2.75) is 39.7 Å². The van der Waals surface area contributed by atoms with Crippen LogP contribution in [0.3, 0.4) is 0 Å². The van der Waals surface area contributed by atoms with Gasteiger partial charge in [0.05, 0.1) is 12.5 Å². The van der Waals surface area contributed by atoms with E-state index in [1.807, 2.05) is 20.8 Å². The summed E-state index contributed by atoms with van der Waals surface area (Å²) >= 11 is 0. The molecule has 0 heterocycles. The molecule has 4 nitrogen and oxygen atoms in total. The van der Waals surface area contributed by atoms with Gasteiger partial charge in [-0.1, -0.05) is 6.92 Å². The number of carbonyl (C=O) groups is 1. The fourth-order valence-corrected chi connectivity index (χ4v) is 1.18. The molecule has 0 aromatic heterocycles. The molecule has 1 N–H and O–H groups in total. The van der Waals surface area contributed by atoms with Crippen molar-refractivity contribution in [1.29, 1.82) is 5.26 Å². The average Bonchev–Trinajstić information content (AvgIpc) is 2.19. The number of nitrogens with zero attached hydrogens (tertiary/aromatic N) is 2. The van der Waals surface area contributed by atoms with E-state index < -0.39 is 0 Å². The number of carbonyl (C=O) groups excluding carboxylic acids is 1. The minimum absolute atomic E-state index is 0.0203. The first-order valence-electron chi connectivity index (χ1n) is 5.11. The number of amides is 2. The second-order valence-electron chi connectivity index (χ2n) is 3.09. The van der Waals surface area contributed by atoms with Crippen molar-refractivity contribution < 1.29 is 4.79 Å². The normalized spacial score (nSPS) is 11.6. The molecule has 0 rings (SSSR count). The molecule has 4 heteroatoms. The molecule has 0 spiro atoms. The lowest BCUT2D eigenvalue weighted by molar-refractivity contribution is 0.199. The Morgan fingerprint density at radius 1 is 1.43 bits per heavy atom. The molecule has 0 saturated carbocycles. The summed E-state index contributed by atoms with van der Waals surface area (Å²) in [6.07, 6.45) is 1.17. The second kappa shape index (κ2) is 7.19. The van der Waals surface area contributed by atoms with Crippen LogP contribution in [-0.4, -0.2) is 30.1 Å². The van der Waals surface area contributed by atoms with Crippen LogP contribution in [0.2, 0.25) is 0 Å². The maximum atomic E-state index is 11.6. The molecule has 0 aromatic rings. The van der Waals surface area contributed by atoms with Gasteiger partial charge in [0, 0.05) is 19.1 Å². The van der Waals surface area contributed by atoms with Crippen LogP contribution in [0.5, 0.6) is 0 Å². The van der Waals surface area contributed by atoms with Gasteiger partial charge in [-0.15, -0.1) is 0 Å². The highest BCUT2D eigenvalue weighted by molar-refractivity contribution is 5.74. The molecule has 80 valence electrons. The Labute approximate surface area is 85.9 Å². The average molecular weight is 197 g/mol. The number of rotatable bonds is 5. The van der Waals surface area contributed by atoms with Gasteiger partial charge in [-0.05, 0) is 20.3 Å². The zero-order chi connectivity index (χ0) is 11.0. The van der Waals surface area contributed by atoms with E-state index in [0.717, 1.165) is 6.42 Å². The molecule has 0 saturated heterocycles. The minimum Gasteiger partial charge on any atom is -0.334 e. The van der Waals surface area contributed by atoms with Gasteiger partial charge >= 0.3 is 6.03 Å². The lowest BCUT2D eigenvalue weighted by atomic mass is 10.2. The van der Waals surface area contributed by atoms with Gasteiger partial charge in [-0.3, -0.25) is 0 Å². The van der Waals surface area contributed by atoms with E-state index >= 15 is 0 Å². The molecule has 14 heavy (non-hydrogen) atoms. The molecule has 0 bridgehead atoms. The quantitative estimate of drug-likeness (QED) is 0.729. The summed E-state index contributed by atoms with van der Waals surface area (Å²) in [4.78, 5) is 13.3. The molecule has 0 radical (unpaired) electrons. The lowest BCUT2D eigenvalue weighted by Crippen LogP contribution is -2.44. The SMILES string of the molecule is CCC(CC#N)NC(=O)N(CC)CC. The Bertz CT molecular complexity index is 206. The summed E-state index contributed by atoms with van der Waals surface area (Å²) in [6, 6.07) is 1.97. The van der Waals surface area contributed by atoms with Gasteiger partial charge in [0.2, 0.25) is 0 Å². The van der Waals surface area contributed by atoms with E-state index in [4.69, 9.17) is 5.26 Å². The Kier molecular flexibility index (Phi) is 6.55. The molecule has 0 fully saturated rings. The molecule has 0 aliphatic carbocycles. The predicted molar refractivity (Wildman–Crippen MR) is 55.8 cm³/mol. The van der Waals surface area contributed by atoms with Gasteiger partial charge in [0.15, 0.2) is 0 Å². The van der Waals surface area contributed by atoms with Crippen LogP contribution in [0.25, 0.3) is 0 Å². The zero-order valence-corrected chi connectivity index (χ0v) is 9.21. The van der Waals surface area contributed by atoms with E-state index in [2.05, 4.69) is 11.4 Å². The second-order valence-corrected chi connectivity index (χ2v) is 3.09. The van der Waals surface area contributed by atoms with E-state index in [0.29, 0.717) is 19.5 Å². The Balaban J connectivity index is 4.07. The molecule has 0 aromatic carbocycles. The van der Waals surface area contributed by atoms with Crippen LogP contribution in [0.15, 0.2) is 0 Å². The number of nitrogens with one attached hydrogen (secondary N) is 1. The monoisotopic (exact) mass is 197 g/mol. The molecular formula is C10H19N3O. The summed E-state index contributed by atoms with van der Waals surface area (Å²) in [5.41, 5.74) is 0. The number of urea groups is 1. The highest BCUT2D eigenvalue weighted by atomic mass is 16.2. The van der Waals surface area contributed by atoms with Crippen molar-refractivity contribution in [3.8, 4) is 6.07 Å². The van der Waals surface area contributed by atoms with Gasteiger partial charge in [-0.25, -0.2) is 4.79 Å². The summed E-state index contributed by atoms with van der Waals surface area (Å²) in [6.45, 7) is 7.24. The summed E-state index contributed by atoms with van der Waals surface area (Å²) in [5.74, 6) is 0. The van der Waals surface area contributed by atoms with Gasteiger partial charge in [0.1, 0.15) is 0 Å². The Hall–Kier alpha value is -1.24. The maximum absolute atomic E-state index is 11.6. The van der Waals surface area contributed by atoms with Crippen LogP contribution in [0, 0.1) is 11.3 Å². The Morgan fingerprint density at radius 3 is 2.36 bits per heavy atom. The Morgan fingerprint density at radius 2 is 2.00 bits per heavy atom. The van der Waals surface area contributed by atoms with Crippen molar-refractivity contribution in [3.63, 3.8) is 0 Å². The van der Waals surface area contributed by atoms with Crippen LogP contribution < -0.4 is 5.32 Å². The van der Waals surface area contributed by atoms with Crippen molar-refractivity contribution in [3.05, 3.63) is 0 Å². The van der Waals surface area contributed by atoms with E-state index in [1.165, 1.54) is 0 Å². The van der Waals surface area contributed by atoms with Crippen molar-refractivity contribution in [2.75, 3.05) is 13.1 Å². The lowest BCUT2D eigenvalue weighted by Gasteiger charge is -2.22. The van der Waals surface area contributed by atoms with E-state index in [9.17, 15) is 4.79 Å². The van der Waals surface area contributed by atoms with Crippen molar-refractivity contribution >= 4 is 6.03 Å². The van der Waals surface area contributed by atoms with E-state index in [-0.39, 0.29) is 12.1 Å². The summed E-state index contributed by atoms with van der Waals surface area (Å²) < 4.78 is 0. The highest BCUT2D eigenvalue weighted by Gasteiger charge is 2.13. The third kappa shape index (κ3) is 4.13. The first-order valence-corrected chi connectivity index (χ1v) is 5.11. The maximum Gasteiger partial charge on any atom is 0.317 e. The van der Waals surface area contributed by atoms with Gasteiger partial charge in [0.25, 0.3) is 0 Å². The smallest absolute Gasteiger partial charge is 0.317 e. The standard InChI is InChI=1S/C10H19N3O/c1-4-9(7-8-11)12-10(14)13(5-2)6-3/h9H,4-7H2,1-3H3,(H,12,14). The first kappa shape index (κ1) is 12.8. The summed E-state index contributed by atoms with van der Waals surface area (Å²) in [7, 11) is 0. The number of hydrogen-bond donors (Lipinski definition) is 1. The first-order chi connectivity index (χ1) is 6.69. The van der Waals surface area contributed by atoms with E-state index in [1.54, 1.807) is 4.90 Å². The van der Waals surface area contributed by atoms with Gasteiger partial charge < -0.3 is 10.2 Å². The van der Waals surface area contributed by atoms with Crippen LogP contribution in [0.1, 0.15) is 33.6 Å². The predicted octanol–water partition coefficient (Wildman–Crippen LogP) is 1.73. The topological polar surface area (TPSA) is 56.1 Å². The number of nitriles is 1. The molecule has 0 aliphatic heterocycles. The molecule has 2 amide bonds.